The van der Waals surface area contributed by atoms with Crippen LogP contribution >= 0.6 is 0 Å². The Morgan fingerprint density at radius 1 is 1.59 bits per heavy atom. The van der Waals surface area contributed by atoms with Crippen molar-refractivity contribution in [3.8, 4) is 6.07 Å². The van der Waals surface area contributed by atoms with Gasteiger partial charge in [0, 0.05) is 13.1 Å². The van der Waals surface area contributed by atoms with Crippen molar-refractivity contribution in [2.45, 2.75) is 13.0 Å². The maximum Gasteiger partial charge on any atom is 0.304 e. The van der Waals surface area contributed by atoms with Crippen LogP contribution in [-0.2, 0) is 11.3 Å². The topological polar surface area (TPSA) is 64.3 Å². The third-order valence-corrected chi connectivity index (χ3v) is 2.34. The van der Waals surface area contributed by atoms with Gasteiger partial charge in [0.25, 0.3) is 0 Å². The Morgan fingerprint density at radius 3 is 2.88 bits per heavy atom. The van der Waals surface area contributed by atoms with Crippen LogP contribution in [0.3, 0.4) is 0 Å². The summed E-state index contributed by atoms with van der Waals surface area (Å²) in [4.78, 5) is 12.1. The molecule has 0 radical (unpaired) electrons. The highest BCUT2D eigenvalue weighted by molar-refractivity contribution is 5.66. The summed E-state index contributed by atoms with van der Waals surface area (Å²) in [5.74, 6) is -1.28. The fraction of sp³-hybridized carbons (Fsp3) is 0.333. The Bertz CT molecular complexity index is 454. The molecule has 17 heavy (non-hydrogen) atoms. The first-order valence-electron chi connectivity index (χ1n) is 5.12. The van der Waals surface area contributed by atoms with Crippen molar-refractivity contribution >= 4 is 5.97 Å². The van der Waals surface area contributed by atoms with E-state index in [0.717, 1.165) is 0 Å². The van der Waals surface area contributed by atoms with Crippen molar-refractivity contribution in [3.05, 3.63) is 35.1 Å². The number of carboxylic acid groups (broad SMARTS) is 1. The molecule has 0 aliphatic rings. The molecule has 0 amide bonds. The largest absolute Gasteiger partial charge is 0.481 e. The lowest BCUT2D eigenvalue weighted by molar-refractivity contribution is -0.137. The number of halogens is 1. The first-order valence-corrected chi connectivity index (χ1v) is 5.12. The van der Waals surface area contributed by atoms with Crippen molar-refractivity contribution in [3.63, 3.8) is 0 Å². The van der Waals surface area contributed by atoms with Gasteiger partial charge in [0.2, 0.25) is 0 Å². The first kappa shape index (κ1) is 13.1. The molecule has 1 N–H and O–H groups in total. The van der Waals surface area contributed by atoms with Crippen molar-refractivity contribution < 1.29 is 14.3 Å². The minimum atomic E-state index is -0.878. The van der Waals surface area contributed by atoms with Crippen LogP contribution in [0.2, 0.25) is 0 Å². The Hall–Kier alpha value is -1.93. The third-order valence-electron chi connectivity index (χ3n) is 2.34. The predicted octanol–water partition coefficient (Wildman–Crippen LogP) is 1.60. The van der Waals surface area contributed by atoms with E-state index in [4.69, 9.17) is 10.4 Å². The van der Waals surface area contributed by atoms with E-state index >= 15 is 0 Å². The Balaban J connectivity index is 2.70. The Morgan fingerprint density at radius 2 is 2.29 bits per heavy atom. The molecule has 0 aliphatic carbocycles. The molecule has 0 saturated heterocycles. The summed E-state index contributed by atoms with van der Waals surface area (Å²) in [7, 11) is 1.73. The smallest absolute Gasteiger partial charge is 0.304 e. The van der Waals surface area contributed by atoms with Crippen LogP contribution in [0.15, 0.2) is 18.2 Å². The van der Waals surface area contributed by atoms with E-state index in [9.17, 15) is 9.18 Å². The second kappa shape index (κ2) is 5.97. The van der Waals surface area contributed by atoms with Gasteiger partial charge < -0.3 is 10.0 Å². The van der Waals surface area contributed by atoms with E-state index in [1.807, 2.05) is 6.07 Å². The van der Waals surface area contributed by atoms with Crippen molar-refractivity contribution in [2.24, 2.45) is 0 Å². The monoisotopic (exact) mass is 236 g/mol. The van der Waals surface area contributed by atoms with Crippen molar-refractivity contribution in [2.75, 3.05) is 13.6 Å². The molecule has 0 unspecified atom stereocenters. The van der Waals surface area contributed by atoms with Gasteiger partial charge in [-0.05, 0) is 30.8 Å². The van der Waals surface area contributed by atoms with Gasteiger partial charge in [-0.2, -0.15) is 5.26 Å². The van der Waals surface area contributed by atoms with E-state index in [0.29, 0.717) is 24.2 Å². The molecule has 1 aromatic carbocycles. The quantitative estimate of drug-likeness (QED) is 0.843. The molecule has 4 nitrogen and oxygen atoms in total. The molecule has 0 bridgehead atoms. The van der Waals surface area contributed by atoms with Crippen LogP contribution in [0.1, 0.15) is 17.5 Å². The minimum Gasteiger partial charge on any atom is -0.481 e. The van der Waals surface area contributed by atoms with Gasteiger partial charge >= 0.3 is 5.97 Å². The summed E-state index contributed by atoms with van der Waals surface area (Å²) >= 11 is 0. The number of hydrogen-bond donors (Lipinski definition) is 1. The molecule has 1 aromatic rings. The second-order valence-electron chi connectivity index (χ2n) is 3.79. The number of rotatable bonds is 5. The average Bonchev–Trinajstić information content (AvgIpc) is 2.27. The minimum absolute atomic E-state index is 0.0215. The van der Waals surface area contributed by atoms with E-state index in [1.54, 1.807) is 11.9 Å². The number of hydrogen-bond acceptors (Lipinski definition) is 3. The highest BCUT2D eigenvalue weighted by Gasteiger charge is 2.08. The van der Waals surface area contributed by atoms with E-state index in [2.05, 4.69) is 0 Å². The summed E-state index contributed by atoms with van der Waals surface area (Å²) in [5, 5.41) is 17.4. The molecule has 5 heteroatoms. The summed E-state index contributed by atoms with van der Waals surface area (Å²) in [5.41, 5.74) is 0.981. The number of nitriles is 1. The van der Waals surface area contributed by atoms with Gasteiger partial charge in [-0.1, -0.05) is 0 Å². The standard InChI is InChI=1S/C12H13FN2O2/c1-15(5-4-12(16)17)8-10-6-11(13)3-2-9(10)7-14/h2-3,6H,4-5,8H2,1H3,(H,16,17). The van der Waals surface area contributed by atoms with Gasteiger partial charge in [0.1, 0.15) is 5.82 Å². The van der Waals surface area contributed by atoms with Gasteiger partial charge in [-0.15, -0.1) is 0 Å². The van der Waals surface area contributed by atoms with E-state index in [1.165, 1.54) is 18.2 Å². The lowest BCUT2D eigenvalue weighted by atomic mass is 10.1. The molecule has 0 aliphatic heterocycles. The molecular formula is C12H13FN2O2. The zero-order valence-corrected chi connectivity index (χ0v) is 9.48. The average molecular weight is 236 g/mol. The second-order valence-corrected chi connectivity index (χ2v) is 3.79. The third kappa shape index (κ3) is 4.21. The zero-order valence-electron chi connectivity index (χ0n) is 9.48. The van der Waals surface area contributed by atoms with Gasteiger partial charge in [0.15, 0.2) is 0 Å². The fourth-order valence-electron chi connectivity index (χ4n) is 1.46. The molecule has 0 spiro atoms. The van der Waals surface area contributed by atoms with Crippen LogP contribution in [0, 0.1) is 17.1 Å². The van der Waals surface area contributed by atoms with E-state index in [-0.39, 0.29) is 6.42 Å². The number of aliphatic carboxylic acids is 1. The lowest BCUT2D eigenvalue weighted by Crippen LogP contribution is -2.21. The first-order chi connectivity index (χ1) is 8.02. The van der Waals surface area contributed by atoms with Crippen LogP contribution < -0.4 is 0 Å². The van der Waals surface area contributed by atoms with Crippen LogP contribution in [0.5, 0.6) is 0 Å². The molecule has 0 heterocycles. The molecule has 0 saturated carbocycles. The fourth-order valence-corrected chi connectivity index (χ4v) is 1.46. The molecule has 0 fully saturated rings. The van der Waals surface area contributed by atoms with Gasteiger partial charge in [-0.25, -0.2) is 4.39 Å². The highest BCUT2D eigenvalue weighted by atomic mass is 19.1. The predicted molar refractivity (Wildman–Crippen MR) is 59.7 cm³/mol. The number of carboxylic acids is 1. The normalized spacial score (nSPS) is 10.2. The van der Waals surface area contributed by atoms with Crippen LogP contribution in [-0.4, -0.2) is 29.6 Å². The number of carbonyl (C=O) groups is 1. The molecule has 0 atom stereocenters. The number of benzene rings is 1. The van der Waals surface area contributed by atoms with E-state index < -0.39 is 11.8 Å². The molecular weight excluding hydrogens is 223 g/mol. The lowest BCUT2D eigenvalue weighted by Gasteiger charge is -2.16. The Labute approximate surface area is 98.9 Å². The van der Waals surface area contributed by atoms with Gasteiger partial charge in [-0.3, -0.25) is 4.79 Å². The highest BCUT2D eigenvalue weighted by Crippen LogP contribution is 2.12. The van der Waals surface area contributed by atoms with Gasteiger partial charge in [0.05, 0.1) is 18.1 Å². The Kier molecular flexibility index (Phi) is 4.61. The molecule has 90 valence electrons. The summed E-state index contributed by atoms with van der Waals surface area (Å²) in [6.07, 6.45) is 0.0215. The van der Waals surface area contributed by atoms with Crippen molar-refractivity contribution in [1.82, 2.24) is 4.90 Å². The zero-order chi connectivity index (χ0) is 12.8. The van der Waals surface area contributed by atoms with Crippen molar-refractivity contribution in [1.29, 1.82) is 5.26 Å². The maximum atomic E-state index is 13.0. The van der Waals surface area contributed by atoms with Crippen LogP contribution in [0.25, 0.3) is 0 Å². The SMILES string of the molecule is CN(CCC(=O)O)Cc1cc(F)ccc1C#N. The molecule has 1 rings (SSSR count). The van der Waals surface area contributed by atoms with Crippen LogP contribution in [0.4, 0.5) is 4.39 Å². The number of nitrogens with zero attached hydrogens (tertiary/aromatic N) is 2. The maximum absolute atomic E-state index is 13.0. The summed E-state index contributed by atoms with van der Waals surface area (Å²) < 4.78 is 13.0. The summed E-state index contributed by atoms with van der Waals surface area (Å²) in [6, 6.07) is 5.95. The summed E-state index contributed by atoms with van der Waals surface area (Å²) in [6.45, 7) is 0.713. The molecule has 0 aromatic heterocycles.